The minimum absolute atomic E-state index is 0.459. The van der Waals surface area contributed by atoms with Crippen molar-refractivity contribution in [3.8, 4) is 5.75 Å². The molecule has 0 N–H and O–H groups in total. The number of para-hydroxylation sites is 1. The molecule has 0 spiro atoms. The van der Waals surface area contributed by atoms with Crippen LogP contribution >= 0.6 is 0 Å². The van der Waals surface area contributed by atoms with Crippen LogP contribution in [0.1, 0.15) is 0 Å². The summed E-state index contributed by atoms with van der Waals surface area (Å²) in [6.45, 7) is -0.621. The molecule has 1 aromatic rings. The zero-order valence-corrected chi connectivity index (χ0v) is 5.76. The normalized spacial score (nSPS) is 10.1. The molecule has 0 heterocycles. The molecule has 11 heavy (non-hydrogen) atoms. The van der Waals surface area contributed by atoms with Gasteiger partial charge in [0, 0.05) is 0 Å². The van der Waals surface area contributed by atoms with Gasteiger partial charge in [0.25, 0.3) is 0 Å². The first-order valence-electron chi connectivity index (χ1n) is 3.14. The van der Waals surface area contributed by atoms with Crippen molar-refractivity contribution >= 4 is 0 Å². The van der Waals surface area contributed by atoms with E-state index in [2.05, 4.69) is 4.74 Å². The van der Waals surface area contributed by atoms with Crippen molar-refractivity contribution in [3.63, 3.8) is 0 Å². The maximum Gasteiger partial charge on any atom is 0.346 e. The van der Waals surface area contributed by atoms with Gasteiger partial charge in [-0.15, -0.1) is 0 Å². The summed E-state index contributed by atoms with van der Waals surface area (Å²) in [6, 6.07) is 8.51. The second-order valence-electron chi connectivity index (χ2n) is 1.94. The highest BCUT2D eigenvalue weighted by Crippen LogP contribution is 2.11. The fourth-order valence-corrected chi connectivity index (χ4v) is 0.655. The third-order valence-electron chi connectivity index (χ3n) is 1.09. The fraction of sp³-hybridized carbons (Fsp3) is 0.125. The lowest BCUT2D eigenvalue weighted by atomic mass is 10.3. The van der Waals surface area contributed by atoms with Gasteiger partial charge in [0.2, 0.25) is 0 Å². The molecule has 3 heteroatoms. The highest BCUT2D eigenvalue weighted by atomic mass is 19.3. The molecule has 0 aliphatic rings. The Morgan fingerprint density at radius 2 is 1.82 bits per heavy atom. The second-order valence-corrected chi connectivity index (χ2v) is 1.94. The average Bonchev–Trinajstić information content (AvgIpc) is 2.03. The number of benzene rings is 1. The lowest BCUT2D eigenvalue weighted by Gasteiger charge is -2.02. The number of ether oxygens (including phenoxy) is 1. The summed E-state index contributed by atoms with van der Waals surface area (Å²) in [7, 11) is 0. The largest absolute Gasteiger partial charge is 0.487 e. The van der Waals surface area contributed by atoms with E-state index < -0.39 is 13.0 Å². The van der Waals surface area contributed by atoms with Crippen molar-refractivity contribution in [1.82, 2.24) is 0 Å². The Morgan fingerprint density at radius 3 is 2.36 bits per heavy atom. The molecule has 0 fully saturated rings. The highest BCUT2D eigenvalue weighted by Gasteiger charge is 2.04. The zero-order chi connectivity index (χ0) is 8.10. The van der Waals surface area contributed by atoms with Gasteiger partial charge in [0.05, 0.1) is 0 Å². The van der Waals surface area contributed by atoms with Crippen molar-refractivity contribution in [2.75, 3.05) is 6.61 Å². The molecule has 0 amide bonds. The predicted molar refractivity (Wildman–Crippen MR) is 37.4 cm³/mol. The molecule has 0 atom stereocenters. The minimum Gasteiger partial charge on any atom is -0.487 e. The van der Waals surface area contributed by atoms with E-state index in [1.807, 2.05) is 0 Å². The fourth-order valence-electron chi connectivity index (χ4n) is 0.655. The Balaban J connectivity index is 2.39. The van der Waals surface area contributed by atoms with Gasteiger partial charge in [0.1, 0.15) is 5.75 Å². The van der Waals surface area contributed by atoms with Crippen LogP contribution in [0.15, 0.2) is 30.3 Å². The molecule has 1 radical (unpaired) electrons. The van der Waals surface area contributed by atoms with Gasteiger partial charge in [-0.1, -0.05) is 18.2 Å². The van der Waals surface area contributed by atoms with E-state index in [0.29, 0.717) is 5.75 Å². The Morgan fingerprint density at radius 1 is 1.18 bits per heavy atom. The van der Waals surface area contributed by atoms with Gasteiger partial charge in [-0.3, -0.25) is 0 Å². The van der Waals surface area contributed by atoms with E-state index in [0.717, 1.165) is 0 Å². The minimum atomic E-state index is -1.71. The Bertz CT molecular complexity index is 199. The summed E-state index contributed by atoms with van der Waals surface area (Å²) in [5.74, 6) is 0.459. The van der Waals surface area contributed by atoms with Crippen LogP contribution in [0.2, 0.25) is 0 Å². The number of hydrogen-bond donors (Lipinski definition) is 0. The average molecular weight is 157 g/mol. The van der Waals surface area contributed by atoms with Crippen molar-refractivity contribution in [3.05, 3.63) is 36.8 Å². The number of halogens is 2. The Hall–Kier alpha value is -1.12. The third-order valence-corrected chi connectivity index (χ3v) is 1.09. The molecular weight excluding hydrogens is 150 g/mol. The van der Waals surface area contributed by atoms with E-state index in [1.54, 1.807) is 30.3 Å². The molecule has 1 nitrogen and oxygen atoms in total. The second kappa shape index (κ2) is 3.91. The first-order chi connectivity index (χ1) is 5.29. The van der Waals surface area contributed by atoms with Crippen LogP contribution < -0.4 is 4.74 Å². The molecule has 0 aliphatic heterocycles. The first-order valence-corrected chi connectivity index (χ1v) is 3.14. The molecule has 0 aliphatic carbocycles. The zero-order valence-electron chi connectivity index (χ0n) is 5.76. The third kappa shape index (κ3) is 2.98. The summed E-state index contributed by atoms with van der Waals surface area (Å²) in [5.41, 5.74) is 0. The summed E-state index contributed by atoms with van der Waals surface area (Å²) in [4.78, 5) is 0. The van der Waals surface area contributed by atoms with E-state index in [-0.39, 0.29) is 0 Å². The van der Waals surface area contributed by atoms with Gasteiger partial charge in [-0.25, -0.2) is 0 Å². The molecule has 59 valence electrons. The monoisotopic (exact) mass is 157 g/mol. The van der Waals surface area contributed by atoms with Crippen LogP contribution in [0.3, 0.4) is 0 Å². The van der Waals surface area contributed by atoms with E-state index in [9.17, 15) is 8.78 Å². The lowest BCUT2D eigenvalue weighted by molar-refractivity contribution is 0.184. The van der Waals surface area contributed by atoms with Gasteiger partial charge < -0.3 is 4.74 Å². The molecule has 0 unspecified atom stereocenters. The maximum atomic E-state index is 11.5. The molecule has 0 bridgehead atoms. The van der Waals surface area contributed by atoms with Gasteiger partial charge in [0.15, 0.2) is 6.61 Å². The van der Waals surface area contributed by atoms with E-state index in [4.69, 9.17) is 0 Å². The molecule has 0 saturated heterocycles. The quantitative estimate of drug-likeness (QED) is 0.655. The van der Waals surface area contributed by atoms with Crippen LogP contribution in [0.4, 0.5) is 8.78 Å². The van der Waals surface area contributed by atoms with Crippen LogP contribution in [-0.2, 0) is 0 Å². The van der Waals surface area contributed by atoms with Crippen LogP contribution in [0, 0.1) is 6.43 Å². The molecular formula is C8H7F2O. The number of hydrogen-bond acceptors (Lipinski definition) is 1. The molecule has 1 aromatic carbocycles. The van der Waals surface area contributed by atoms with Crippen molar-refractivity contribution in [2.45, 2.75) is 0 Å². The standard InChI is InChI=1S/C8H7F2O/c9-8(10)6-11-7-4-2-1-3-5-7/h1-5H,6H2. The molecule has 0 saturated carbocycles. The van der Waals surface area contributed by atoms with Gasteiger partial charge >= 0.3 is 6.43 Å². The Labute approximate surface area is 63.6 Å². The van der Waals surface area contributed by atoms with Gasteiger partial charge in [-0.05, 0) is 12.1 Å². The summed E-state index contributed by atoms with van der Waals surface area (Å²) >= 11 is 0. The van der Waals surface area contributed by atoms with Crippen molar-refractivity contribution < 1.29 is 13.5 Å². The Kier molecular flexibility index (Phi) is 2.83. The molecule has 0 aromatic heterocycles. The summed E-state index contributed by atoms with van der Waals surface area (Å²) < 4.78 is 27.7. The number of rotatable bonds is 3. The van der Waals surface area contributed by atoms with Crippen molar-refractivity contribution in [1.29, 1.82) is 0 Å². The van der Waals surface area contributed by atoms with Crippen LogP contribution in [0.5, 0.6) is 5.75 Å². The van der Waals surface area contributed by atoms with Gasteiger partial charge in [-0.2, -0.15) is 8.78 Å². The van der Waals surface area contributed by atoms with Crippen molar-refractivity contribution in [2.24, 2.45) is 0 Å². The summed E-state index contributed by atoms with van der Waals surface area (Å²) in [5, 5.41) is 0. The van der Waals surface area contributed by atoms with Crippen LogP contribution in [-0.4, -0.2) is 6.61 Å². The SMILES string of the molecule is F[C](F)COc1ccccc1. The maximum absolute atomic E-state index is 11.5. The first kappa shape index (κ1) is 7.98. The smallest absolute Gasteiger partial charge is 0.346 e. The lowest BCUT2D eigenvalue weighted by Crippen LogP contribution is -1.99. The van der Waals surface area contributed by atoms with E-state index in [1.165, 1.54) is 0 Å². The highest BCUT2D eigenvalue weighted by molar-refractivity contribution is 5.20. The summed E-state index contributed by atoms with van der Waals surface area (Å²) in [6.07, 6.45) is -1.71. The topological polar surface area (TPSA) is 9.23 Å². The van der Waals surface area contributed by atoms with E-state index >= 15 is 0 Å². The van der Waals surface area contributed by atoms with Crippen LogP contribution in [0.25, 0.3) is 0 Å². The molecule has 1 rings (SSSR count). The predicted octanol–water partition coefficient (Wildman–Crippen LogP) is 2.49.